The van der Waals surface area contributed by atoms with E-state index in [1.165, 1.54) is 4.88 Å². The molecular weight excluding hydrogens is 429 g/mol. The average Bonchev–Trinajstić information content (AvgIpc) is 3.05. The molecule has 0 spiro atoms. The fourth-order valence-electron chi connectivity index (χ4n) is 2.42. The fourth-order valence-corrected chi connectivity index (χ4v) is 3.92. The van der Waals surface area contributed by atoms with Gasteiger partial charge in [-0.25, -0.2) is 0 Å². The summed E-state index contributed by atoms with van der Waals surface area (Å²) in [5, 5.41) is 8.99. The van der Waals surface area contributed by atoms with Crippen LogP contribution in [-0.2, 0) is 11.2 Å². The summed E-state index contributed by atoms with van der Waals surface area (Å²) in [6.07, 6.45) is 5.45. The molecule has 1 aliphatic rings. The van der Waals surface area contributed by atoms with Crippen LogP contribution in [0.5, 0.6) is 0 Å². The summed E-state index contributed by atoms with van der Waals surface area (Å²) >= 11 is 3.75. The van der Waals surface area contributed by atoms with Gasteiger partial charge in [-0.3, -0.25) is 4.99 Å². The van der Waals surface area contributed by atoms with Crippen molar-refractivity contribution in [2.45, 2.75) is 24.0 Å². The molecule has 126 valence electrons. The van der Waals surface area contributed by atoms with Gasteiger partial charge in [0.25, 0.3) is 0 Å². The Morgan fingerprint density at radius 3 is 2.77 bits per heavy atom. The first-order chi connectivity index (χ1) is 10.3. The quantitative estimate of drug-likeness (QED) is 0.394. The van der Waals surface area contributed by atoms with E-state index in [2.05, 4.69) is 39.4 Å². The van der Waals surface area contributed by atoms with Crippen molar-refractivity contribution in [1.29, 1.82) is 0 Å². The minimum absolute atomic E-state index is 0. The largest absolute Gasteiger partial charge is 0.381 e. The van der Waals surface area contributed by atoms with Crippen molar-refractivity contribution in [3.63, 3.8) is 0 Å². The summed E-state index contributed by atoms with van der Waals surface area (Å²) in [7, 11) is 1.83. The third-order valence-electron chi connectivity index (χ3n) is 3.88. The molecule has 0 unspecified atom stereocenters. The molecule has 0 radical (unpaired) electrons. The lowest BCUT2D eigenvalue weighted by atomic mass is 9.99. The van der Waals surface area contributed by atoms with Crippen molar-refractivity contribution in [3.05, 3.63) is 22.4 Å². The fraction of sp³-hybridized carbons (Fsp3) is 0.667. The van der Waals surface area contributed by atoms with E-state index in [0.717, 1.165) is 51.5 Å². The number of thiophene rings is 1. The molecule has 0 aliphatic carbocycles. The Morgan fingerprint density at radius 2 is 2.18 bits per heavy atom. The molecule has 1 fully saturated rings. The zero-order valence-electron chi connectivity index (χ0n) is 13.3. The van der Waals surface area contributed by atoms with E-state index < -0.39 is 0 Å². The number of hydrogen-bond acceptors (Lipinski definition) is 4. The number of thioether (sulfide) groups is 1. The van der Waals surface area contributed by atoms with Crippen LogP contribution in [0.15, 0.2) is 22.5 Å². The van der Waals surface area contributed by atoms with Crippen molar-refractivity contribution in [2.24, 2.45) is 4.99 Å². The first kappa shape index (κ1) is 20.1. The minimum atomic E-state index is 0. The molecule has 0 atom stereocenters. The van der Waals surface area contributed by atoms with Gasteiger partial charge in [0.1, 0.15) is 0 Å². The van der Waals surface area contributed by atoms with Crippen LogP contribution in [-0.4, -0.2) is 50.3 Å². The van der Waals surface area contributed by atoms with Crippen LogP contribution in [0, 0.1) is 0 Å². The molecule has 1 aliphatic heterocycles. The maximum absolute atomic E-state index is 5.48. The zero-order chi connectivity index (χ0) is 15.0. The molecule has 7 heteroatoms. The lowest BCUT2D eigenvalue weighted by Crippen LogP contribution is -2.48. The number of ether oxygens (including phenoxy) is 1. The van der Waals surface area contributed by atoms with Crippen molar-refractivity contribution < 1.29 is 4.74 Å². The van der Waals surface area contributed by atoms with Crippen molar-refractivity contribution in [3.8, 4) is 0 Å². The number of hydrogen-bond donors (Lipinski definition) is 2. The van der Waals surface area contributed by atoms with E-state index in [4.69, 9.17) is 4.74 Å². The molecule has 22 heavy (non-hydrogen) atoms. The second-order valence-corrected chi connectivity index (χ2v) is 7.49. The summed E-state index contributed by atoms with van der Waals surface area (Å²) < 4.78 is 5.76. The topological polar surface area (TPSA) is 45.7 Å². The van der Waals surface area contributed by atoms with Crippen LogP contribution in [0.1, 0.15) is 17.7 Å². The van der Waals surface area contributed by atoms with E-state index in [1.54, 1.807) is 11.3 Å². The Hall–Kier alpha value is 0.01000. The molecule has 2 heterocycles. The lowest BCUT2D eigenvalue weighted by Gasteiger charge is -2.36. The van der Waals surface area contributed by atoms with Crippen LogP contribution in [0.2, 0.25) is 0 Å². The number of nitrogens with zero attached hydrogens (tertiary/aromatic N) is 1. The first-order valence-corrected chi connectivity index (χ1v) is 9.48. The van der Waals surface area contributed by atoms with Gasteiger partial charge in [-0.05, 0) is 37.0 Å². The maximum atomic E-state index is 5.48. The van der Waals surface area contributed by atoms with Gasteiger partial charge in [0.2, 0.25) is 0 Å². The van der Waals surface area contributed by atoms with Gasteiger partial charge in [-0.1, -0.05) is 6.07 Å². The summed E-state index contributed by atoms with van der Waals surface area (Å²) in [5.41, 5.74) is 0. The summed E-state index contributed by atoms with van der Waals surface area (Å²) in [6.45, 7) is 3.59. The summed E-state index contributed by atoms with van der Waals surface area (Å²) in [6, 6.07) is 4.27. The first-order valence-electron chi connectivity index (χ1n) is 7.38. The van der Waals surface area contributed by atoms with E-state index in [1.807, 2.05) is 18.8 Å². The highest BCUT2D eigenvalue weighted by atomic mass is 127. The Bertz CT molecular complexity index is 434. The maximum Gasteiger partial charge on any atom is 0.191 e. The molecule has 4 nitrogen and oxygen atoms in total. The van der Waals surface area contributed by atoms with Crippen molar-refractivity contribution in [2.75, 3.05) is 39.6 Å². The third kappa shape index (κ3) is 6.25. The van der Waals surface area contributed by atoms with Crippen LogP contribution in [0.4, 0.5) is 0 Å². The van der Waals surface area contributed by atoms with E-state index in [-0.39, 0.29) is 28.7 Å². The summed E-state index contributed by atoms with van der Waals surface area (Å²) in [5.74, 6) is 0.895. The Morgan fingerprint density at radius 1 is 1.41 bits per heavy atom. The molecule has 2 rings (SSSR count). The van der Waals surface area contributed by atoms with Crippen LogP contribution < -0.4 is 10.6 Å². The highest BCUT2D eigenvalue weighted by molar-refractivity contribution is 14.0. The summed E-state index contributed by atoms with van der Waals surface area (Å²) in [4.78, 5) is 5.72. The van der Waals surface area contributed by atoms with Crippen LogP contribution >= 0.6 is 47.1 Å². The number of guanidine groups is 1. The number of nitrogens with one attached hydrogen (secondary N) is 2. The molecule has 0 aromatic carbocycles. The number of halogens is 1. The number of aliphatic imine (C=N–C) groups is 1. The second kappa shape index (κ2) is 10.7. The standard InChI is InChI=1S/C15H25N3OS2.HI/c1-16-14(17-8-5-13-4-3-11-21-13)18-12-15(20-2)6-9-19-10-7-15;/h3-4,11H,5-10,12H2,1-2H3,(H2,16,17,18);1H. The third-order valence-corrected chi connectivity index (χ3v) is 6.24. The Kier molecular flexibility index (Phi) is 9.77. The molecule has 0 amide bonds. The smallest absolute Gasteiger partial charge is 0.191 e. The molecule has 0 bridgehead atoms. The predicted octanol–water partition coefficient (Wildman–Crippen LogP) is 2.99. The average molecular weight is 455 g/mol. The SMILES string of the molecule is CN=C(NCCc1cccs1)NCC1(SC)CCOCC1.I. The van der Waals surface area contributed by atoms with E-state index in [9.17, 15) is 0 Å². The van der Waals surface area contributed by atoms with Crippen molar-refractivity contribution in [1.82, 2.24) is 10.6 Å². The highest BCUT2D eigenvalue weighted by Gasteiger charge is 2.31. The van der Waals surface area contributed by atoms with Crippen molar-refractivity contribution >= 4 is 53.0 Å². The molecular formula is C15H26IN3OS2. The van der Waals surface area contributed by atoms with Gasteiger partial charge >= 0.3 is 0 Å². The van der Waals surface area contributed by atoms with Crippen LogP contribution in [0.25, 0.3) is 0 Å². The molecule has 1 aromatic heterocycles. The van der Waals surface area contributed by atoms with Gasteiger partial charge in [-0.2, -0.15) is 11.8 Å². The molecule has 2 N–H and O–H groups in total. The predicted molar refractivity (Wildman–Crippen MR) is 109 cm³/mol. The number of rotatable bonds is 6. The van der Waals surface area contributed by atoms with Crippen LogP contribution in [0.3, 0.4) is 0 Å². The molecule has 0 saturated carbocycles. The zero-order valence-corrected chi connectivity index (χ0v) is 17.2. The minimum Gasteiger partial charge on any atom is -0.381 e. The molecule has 1 aromatic rings. The van der Waals surface area contributed by atoms with E-state index >= 15 is 0 Å². The van der Waals surface area contributed by atoms with Gasteiger partial charge in [0, 0.05) is 43.0 Å². The second-order valence-electron chi connectivity index (χ2n) is 5.18. The Labute approximate surface area is 158 Å². The van der Waals surface area contributed by atoms with E-state index in [0.29, 0.717) is 0 Å². The highest BCUT2D eigenvalue weighted by Crippen LogP contribution is 2.32. The monoisotopic (exact) mass is 455 g/mol. The van der Waals surface area contributed by atoms with Gasteiger partial charge < -0.3 is 15.4 Å². The van der Waals surface area contributed by atoms with Gasteiger partial charge in [0.15, 0.2) is 5.96 Å². The molecule has 1 saturated heterocycles. The normalized spacial score (nSPS) is 17.6. The van der Waals surface area contributed by atoms with Gasteiger partial charge in [0.05, 0.1) is 0 Å². The van der Waals surface area contributed by atoms with Gasteiger partial charge in [-0.15, -0.1) is 35.3 Å². The lowest BCUT2D eigenvalue weighted by molar-refractivity contribution is 0.0783. The Balaban J connectivity index is 0.00000242.